The highest BCUT2D eigenvalue weighted by atomic mass is 19.4. The van der Waals surface area contributed by atoms with Gasteiger partial charge in [0, 0.05) is 38.6 Å². The summed E-state index contributed by atoms with van der Waals surface area (Å²) in [5.74, 6) is 0.213. The molecule has 0 spiro atoms. The number of hydrazine groups is 1. The van der Waals surface area contributed by atoms with Gasteiger partial charge in [0.15, 0.2) is 29.5 Å². The fourth-order valence-corrected chi connectivity index (χ4v) is 3.97. The number of morpholine rings is 1. The molecule has 2 aliphatic rings. The number of aliphatic imine (C=N–C) groups is 1. The van der Waals surface area contributed by atoms with Crippen LogP contribution in [0, 0.1) is 5.82 Å². The maximum Gasteiger partial charge on any atom is 0.416 e. The Morgan fingerprint density at radius 3 is 2.53 bits per heavy atom. The van der Waals surface area contributed by atoms with Crippen LogP contribution in [0.1, 0.15) is 23.2 Å². The second-order valence-electron chi connectivity index (χ2n) is 8.87. The Morgan fingerprint density at radius 1 is 1.05 bits per heavy atom. The number of ether oxygens (including phenoxy) is 1. The Kier molecular flexibility index (Phi) is 6.99. The summed E-state index contributed by atoms with van der Waals surface area (Å²) in [5, 5.41) is 2.98. The zero-order valence-corrected chi connectivity index (χ0v) is 20.6. The van der Waals surface area contributed by atoms with Gasteiger partial charge < -0.3 is 25.3 Å². The van der Waals surface area contributed by atoms with Crippen LogP contribution in [0.25, 0.3) is 0 Å². The van der Waals surface area contributed by atoms with Gasteiger partial charge in [0.05, 0.1) is 42.6 Å². The first-order chi connectivity index (χ1) is 18.2. The van der Waals surface area contributed by atoms with E-state index in [1.54, 1.807) is 42.1 Å². The molecule has 0 bridgehead atoms. The van der Waals surface area contributed by atoms with Gasteiger partial charge in [0.1, 0.15) is 0 Å². The summed E-state index contributed by atoms with van der Waals surface area (Å²) in [4.78, 5) is 20.7. The van der Waals surface area contributed by atoms with E-state index in [-0.39, 0.29) is 17.3 Å². The predicted octanol–water partition coefficient (Wildman–Crippen LogP) is 3.23. The molecule has 5 rings (SSSR count). The second-order valence-corrected chi connectivity index (χ2v) is 8.87. The van der Waals surface area contributed by atoms with E-state index in [0.29, 0.717) is 49.2 Å². The van der Waals surface area contributed by atoms with Crippen molar-refractivity contribution in [3.8, 4) is 0 Å². The molecule has 0 saturated carbocycles. The summed E-state index contributed by atoms with van der Waals surface area (Å²) in [7, 11) is 3.35. The molecule has 1 atom stereocenters. The zero-order chi connectivity index (χ0) is 26.9. The molecule has 4 heterocycles. The lowest BCUT2D eigenvalue weighted by Crippen LogP contribution is -2.38. The van der Waals surface area contributed by atoms with E-state index in [4.69, 9.17) is 4.74 Å². The average Bonchev–Trinajstić information content (AvgIpc) is 3.39. The number of amidine groups is 1. The van der Waals surface area contributed by atoms with E-state index in [9.17, 15) is 17.6 Å². The average molecular weight is 532 g/mol. The van der Waals surface area contributed by atoms with Crippen molar-refractivity contribution in [2.45, 2.75) is 12.3 Å². The number of aromatic nitrogens is 3. The van der Waals surface area contributed by atoms with E-state index in [0.717, 1.165) is 18.3 Å². The van der Waals surface area contributed by atoms with Crippen molar-refractivity contribution >= 4 is 28.7 Å². The fourth-order valence-electron chi connectivity index (χ4n) is 3.97. The molecular weight excluding hydrogens is 506 g/mol. The lowest BCUT2D eigenvalue weighted by molar-refractivity contribution is -0.137. The number of hydrogen-bond acceptors (Lipinski definition) is 10. The number of benzene rings is 1. The molecule has 1 unspecified atom stereocenters. The minimum Gasteiger partial charge on any atom is -0.378 e. The molecule has 0 radical (unpaired) electrons. The molecule has 10 nitrogen and oxygen atoms in total. The number of halogens is 4. The molecule has 2 aliphatic heterocycles. The normalized spacial score (nSPS) is 17.7. The van der Waals surface area contributed by atoms with Gasteiger partial charge in [-0.1, -0.05) is 0 Å². The number of anilines is 4. The summed E-state index contributed by atoms with van der Waals surface area (Å²) in [6, 6.07) is 7.15. The maximum atomic E-state index is 14.4. The molecule has 1 aromatic carbocycles. The van der Waals surface area contributed by atoms with Crippen LogP contribution >= 0.6 is 0 Å². The monoisotopic (exact) mass is 531 g/mol. The van der Waals surface area contributed by atoms with Gasteiger partial charge in [0.25, 0.3) is 0 Å². The van der Waals surface area contributed by atoms with Gasteiger partial charge in [-0.2, -0.15) is 13.2 Å². The standard InChI is InChI=1S/C24H25F4N9O/c1-36(2)17-10-14(24(26,27)28)9-16(11-17)31-15-3-4-19(29-12-15)20-32-22(35-34-20)21-30-13-18(25)23(33-21)37-5-7-38-8-6-37/h3-4,9-13,20,31,34H,5-8H2,1-2H3,(H,32,35). The van der Waals surface area contributed by atoms with Crippen molar-refractivity contribution in [3.05, 3.63) is 65.6 Å². The summed E-state index contributed by atoms with van der Waals surface area (Å²) in [6.07, 6.45) is -2.43. The van der Waals surface area contributed by atoms with Crippen LogP contribution in [0.5, 0.6) is 0 Å². The molecule has 38 heavy (non-hydrogen) atoms. The third-order valence-electron chi connectivity index (χ3n) is 5.95. The molecule has 0 amide bonds. The molecule has 14 heteroatoms. The minimum absolute atomic E-state index is 0.187. The van der Waals surface area contributed by atoms with Crippen LogP contribution in [0.3, 0.4) is 0 Å². The Morgan fingerprint density at radius 2 is 1.84 bits per heavy atom. The Labute approximate surface area is 215 Å². The van der Waals surface area contributed by atoms with Crippen LogP contribution < -0.4 is 26.0 Å². The highest BCUT2D eigenvalue weighted by molar-refractivity contribution is 5.96. The number of nitrogens with zero attached hydrogens (tertiary/aromatic N) is 6. The summed E-state index contributed by atoms with van der Waals surface area (Å²) in [5.41, 5.74) is 6.87. The molecule has 3 aromatic rings. The first-order valence-electron chi connectivity index (χ1n) is 11.7. The van der Waals surface area contributed by atoms with Crippen molar-refractivity contribution < 1.29 is 22.3 Å². The molecular formula is C24H25F4N9O. The topological polar surface area (TPSA) is 103 Å². The van der Waals surface area contributed by atoms with E-state index in [1.807, 2.05) is 0 Å². The third kappa shape index (κ3) is 5.60. The Bertz CT molecular complexity index is 1330. The second kappa shape index (κ2) is 10.4. The fraction of sp³-hybridized carbons (Fsp3) is 0.333. The van der Waals surface area contributed by atoms with E-state index in [2.05, 4.69) is 36.1 Å². The van der Waals surface area contributed by atoms with Crippen LogP contribution in [-0.4, -0.2) is 61.2 Å². The number of pyridine rings is 1. The Hall–Kier alpha value is -4.04. The van der Waals surface area contributed by atoms with Crippen molar-refractivity contribution in [2.75, 3.05) is 55.5 Å². The van der Waals surface area contributed by atoms with E-state index in [1.165, 1.54) is 6.20 Å². The van der Waals surface area contributed by atoms with Gasteiger partial charge in [0.2, 0.25) is 0 Å². The maximum absolute atomic E-state index is 14.4. The lowest BCUT2D eigenvalue weighted by atomic mass is 10.1. The highest BCUT2D eigenvalue weighted by Gasteiger charge is 2.31. The highest BCUT2D eigenvalue weighted by Crippen LogP contribution is 2.35. The molecule has 3 N–H and O–H groups in total. The van der Waals surface area contributed by atoms with Crippen LogP contribution in [-0.2, 0) is 10.9 Å². The third-order valence-corrected chi connectivity index (χ3v) is 5.95. The number of hydrogen-bond donors (Lipinski definition) is 3. The van der Waals surface area contributed by atoms with Crippen LogP contribution in [0.4, 0.5) is 40.4 Å². The first-order valence-corrected chi connectivity index (χ1v) is 11.7. The molecule has 1 fully saturated rings. The molecule has 200 valence electrons. The number of nitrogens with one attached hydrogen (secondary N) is 3. The van der Waals surface area contributed by atoms with E-state index >= 15 is 0 Å². The summed E-state index contributed by atoms with van der Waals surface area (Å²) in [6.45, 7) is 2.02. The van der Waals surface area contributed by atoms with E-state index < -0.39 is 23.7 Å². The van der Waals surface area contributed by atoms with Gasteiger partial charge >= 0.3 is 6.18 Å². The number of rotatable bonds is 6. The summed E-state index contributed by atoms with van der Waals surface area (Å²) < 4.78 is 59.7. The molecule has 0 aliphatic carbocycles. The van der Waals surface area contributed by atoms with Gasteiger partial charge in [-0.15, -0.1) is 0 Å². The van der Waals surface area contributed by atoms with Crippen molar-refractivity contribution in [3.63, 3.8) is 0 Å². The van der Waals surface area contributed by atoms with Gasteiger partial charge in [-0.05, 0) is 30.3 Å². The summed E-state index contributed by atoms with van der Waals surface area (Å²) >= 11 is 0. The Balaban J connectivity index is 1.31. The zero-order valence-electron chi connectivity index (χ0n) is 20.6. The minimum atomic E-state index is -4.47. The van der Waals surface area contributed by atoms with Crippen molar-refractivity contribution in [1.29, 1.82) is 0 Å². The largest absolute Gasteiger partial charge is 0.416 e. The smallest absolute Gasteiger partial charge is 0.378 e. The molecule has 1 saturated heterocycles. The first kappa shape index (κ1) is 25.6. The quantitative estimate of drug-likeness (QED) is 0.414. The molecule has 2 aromatic heterocycles. The number of alkyl halides is 3. The van der Waals surface area contributed by atoms with Gasteiger partial charge in [-0.25, -0.2) is 24.8 Å². The lowest BCUT2D eigenvalue weighted by Gasteiger charge is -2.28. The van der Waals surface area contributed by atoms with Gasteiger partial charge in [-0.3, -0.25) is 4.98 Å². The SMILES string of the molecule is CN(C)c1cc(Nc2ccc(C3N=C(c4ncc(F)c(N5CCOCC5)n4)NN3)nc2)cc(C(F)(F)F)c1. The van der Waals surface area contributed by atoms with Crippen molar-refractivity contribution in [1.82, 2.24) is 25.8 Å². The van der Waals surface area contributed by atoms with Crippen LogP contribution in [0.15, 0.2) is 47.7 Å². The van der Waals surface area contributed by atoms with Crippen molar-refractivity contribution in [2.24, 2.45) is 4.99 Å². The van der Waals surface area contributed by atoms with Crippen LogP contribution in [0.2, 0.25) is 0 Å². The predicted molar refractivity (Wildman–Crippen MR) is 134 cm³/mol.